The molecule has 5 nitrogen and oxygen atoms in total. The molecule has 0 fully saturated rings. The third kappa shape index (κ3) is 4.43. The first-order valence-corrected chi connectivity index (χ1v) is 6.56. The number of carboxylic acids is 1. The lowest BCUT2D eigenvalue weighted by Crippen LogP contribution is -2.32. The standard InChI is InChI=1S/C10H8.C6H9N3O2/c1-2-6-10-8-4-3-7-9(10)5-1;7-5(6(10)11)1-4-2-8-3-9-4/h1-8H;2-3,5H,1,7H2,(H,8,9)(H,10,11). The highest BCUT2D eigenvalue weighted by molar-refractivity contribution is 5.82. The second kappa shape index (κ2) is 7.21. The van der Waals surface area contributed by atoms with Gasteiger partial charge in [0.1, 0.15) is 6.04 Å². The van der Waals surface area contributed by atoms with Gasteiger partial charge < -0.3 is 15.8 Å². The number of hydrogen-bond acceptors (Lipinski definition) is 3. The zero-order valence-corrected chi connectivity index (χ0v) is 11.4. The maximum Gasteiger partial charge on any atom is 0.320 e. The van der Waals surface area contributed by atoms with Crippen LogP contribution in [0.15, 0.2) is 61.1 Å². The van der Waals surface area contributed by atoms with Gasteiger partial charge in [0.15, 0.2) is 0 Å². The first-order chi connectivity index (χ1) is 10.2. The number of benzene rings is 2. The van der Waals surface area contributed by atoms with Gasteiger partial charge in [-0.05, 0) is 10.8 Å². The Morgan fingerprint density at radius 2 is 1.67 bits per heavy atom. The Bertz CT molecular complexity index is 630. The fourth-order valence-corrected chi connectivity index (χ4v) is 1.85. The van der Waals surface area contributed by atoms with Crippen LogP contribution in [0.25, 0.3) is 10.8 Å². The number of nitrogens with one attached hydrogen (secondary N) is 1. The smallest absolute Gasteiger partial charge is 0.320 e. The maximum absolute atomic E-state index is 10.3. The Labute approximate surface area is 122 Å². The number of rotatable bonds is 3. The van der Waals surface area contributed by atoms with Crippen LogP contribution in [0, 0.1) is 0 Å². The van der Waals surface area contributed by atoms with Crippen LogP contribution in [0.4, 0.5) is 0 Å². The van der Waals surface area contributed by atoms with Gasteiger partial charge in [-0.15, -0.1) is 0 Å². The van der Waals surface area contributed by atoms with Crippen molar-refractivity contribution in [3.63, 3.8) is 0 Å². The lowest BCUT2D eigenvalue weighted by molar-refractivity contribution is -0.138. The molecule has 0 aliphatic carbocycles. The normalized spacial score (nSPS) is 11.5. The molecule has 0 aliphatic heterocycles. The summed E-state index contributed by atoms with van der Waals surface area (Å²) in [6.45, 7) is 0. The number of aromatic amines is 1. The van der Waals surface area contributed by atoms with Gasteiger partial charge in [0.05, 0.1) is 6.33 Å². The number of hydrogen-bond donors (Lipinski definition) is 3. The van der Waals surface area contributed by atoms with Crippen molar-refractivity contribution in [2.24, 2.45) is 5.73 Å². The molecule has 0 saturated carbocycles. The number of nitrogens with zero attached hydrogens (tertiary/aromatic N) is 1. The molecule has 5 heteroatoms. The summed E-state index contributed by atoms with van der Waals surface area (Å²) in [7, 11) is 0. The number of aromatic nitrogens is 2. The molecule has 21 heavy (non-hydrogen) atoms. The zero-order valence-electron chi connectivity index (χ0n) is 11.4. The highest BCUT2D eigenvalue weighted by atomic mass is 16.4. The Hall–Kier alpha value is -2.66. The number of carbonyl (C=O) groups is 1. The van der Waals surface area contributed by atoms with E-state index in [0.29, 0.717) is 0 Å². The van der Waals surface area contributed by atoms with Crippen molar-refractivity contribution in [3.8, 4) is 0 Å². The van der Waals surface area contributed by atoms with E-state index in [0.717, 1.165) is 5.69 Å². The summed E-state index contributed by atoms with van der Waals surface area (Å²) >= 11 is 0. The van der Waals surface area contributed by atoms with Crippen LogP contribution in [-0.2, 0) is 11.2 Å². The predicted octanol–water partition coefficient (Wildman–Crippen LogP) is 2.20. The Morgan fingerprint density at radius 1 is 1.14 bits per heavy atom. The van der Waals surface area contributed by atoms with Crippen molar-refractivity contribution in [2.45, 2.75) is 12.5 Å². The van der Waals surface area contributed by atoms with Gasteiger partial charge in [0.25, 0.3) is 0 Å². The van der Waals surface area contributed by atoms with Crippen molar-refractivity contribution in [1.29, 1.82) is 0 Å². The molecular formula is C16H17N3O2. The molecule has 1 unspecified atom stereocenters. The molecule has 0 saturated heterocycles. The number of fused-ring (bicyclic) bond motifs is 1. The van der Waals surface area contributed by atoms with E-state index < -0.39 is 12.0 Å². The second-order valence-corrected chi connectivity index (χ2v) is 4.57. The van der Waals surface area contributed by atoms with Crippen molar-refractivity contribution in [1.82, 2.24) is 9.97 Å². The van der Waals surface area contributed by atoms with E-state index in [9.17, 15) is 4.79 Å². The van der Waals surface area contributed by atoms with Crippen molar-refractivity contribution in [2.75, 3.05) is 0 Å². The molecule has 1 atom stereocenters. The Kier molecular flexibility index (Phi) is 5.06. The van der Waals surface area contributed by atoms with Gasteiger partial charge in [0, 0.05) is 18.3 Å². The Balaban J connectivity index is 0.000000154. The zero-order chi connectivity index (χ0) is 15.1. The highest BCUT2D eigenvalue weighted by Crippen LogP contribution is 2.11. The minimum Gasteiger partial charge on any atom is -0.480 e. The number of H-pyrrole nitrogens is 1. The van der Waals surface area contributed by atoms with Crippen LogP contribution in [0.2, 0.25) is 0 Å². The van der Waals surface area contributed by atoms with E-state index in [1.807, 2.05) is 0 Å². The van der Waals surface area contributed by atoms with Crippen LogP contribution in [0.5, 0.6) is 0 Å². The van der Waals surface area contributed by atoms with E-state index in [4.69, 9.17) is 10.8 Å². The largest absolute Gasteiger partial charge is 0.480 e. The Morgan fingerprint density at radius 3 is 2.05 bits per heavy atom. The van der Waals surface area contributed by atoms with Gasteiger partial charge >= 0.3 is 5.97 Å². The van der Waals surface area contributed by atoms with Crippen molar-refractivity contribution >= 4 is 16.7 Å². The van der Waals surface area contributed by atoms with E-state index in [1.54, 1.807) is 6.20 Å². The summed E-state index contributed by atoms with van der Waals surface area (Å²) in [6.07, 6.45) is 3.34. The van der Waals surface area contributed by atoms with Crippen molar-refractivity contribution in [3.05, 3.63) is 66.7 Å². The molecular weight excluding hydrogens is 266 g/mol. The minimum absolute atomic E-state index is 0.287. The van der Waals surface area contributed by atoms with E-state index in [-0.39, 0.29) is 6.42 Å². The van der Waals surface area contributed by atoms with Crippen LogP contribution < -0.4 is 5.73 Å². The minimum atomic E-state index is -1.00. The number of nitrogens with two attached hydrogens (primary N) is 1. The van der Waals surface area contributed by atoms with E-state index in [1.165, 1.54) is 17.1 Å². The molecule has 1 aromatic heterocycles. The number of aliphatic carboxylic acids is 1. The van der Waals surface area contributed by atoms with E-state index in [2.05, 4.69) is 58.5 Å². The molecule has 3 aromatic rings. The van der Waals surface area contributed by atoms with Crippen LogP contribution in [-0.4, -0.2) is 27.1 Å². The molecule has 0 spiro atoms. The summed E-state index contributed by atoms with van der Waals surface area (Å²) in [5.41, 5.74) is 6.00. The second-order valence-electron chi connectivity index (χ2n) is 4.57. The summed E-state index contributed by atoms with van der Waals surface area (Å²) in [6, 6.07) is 15.9. The quantitative estimate of drug-likeness (QED) is 0.687. The third-order valence-corrected chi connectivity index (χ3v) is 2.97. The van der Waals surface area contributed by atoms with E-state index >= 15 is 0 Å². The SMILES string of the molecule is NC(Cc1cnc[nH]1)C(=O)O.c1ccc2ccccc2c1. The molecule has 108 valence electrons. The molecule has 4 N–H and O–H groups in total. The highest BCUT2D eigenvalue weighted by Gasteiger charge is 2.11. The fraction of sp³-hybridized carbons (Fsp3) is 0.125. The first-order valence-electron chi connectivity index (χ1n) is 6.56. The van der Waals surface area contributed by atoms with Gasteiger partial charge in [-0.3, -0.25) is 4.79 Å². The molecule has 0 amide bonds. The summed E-state index contributed by atoms with van der Waals surface area (Å²) in [5.74, 6) is -1.00. The molecule has 2 aromatic carbocycles. The number of imidazole rings is 1. The average Bonchev–Trinajstić information content (AvgIpc) is 3.01. The van der Waals surface area contributed by atoms with Crippen LogP contribution in [0.3, 0.4) is 0 Å². The molecule has 0 aliphatic rings. The first kappa shape index (κ1) is 14.7. The average molecular weight is 283 g/mol. The van der Waals surface area contributed by atoms with Crippen molar-refractivity contribution < 1.29 is 9.90 Å². The third-order valence-electron chi connectivity index (χ3n) is 2.97. The lowest BCUT2D eigenvalue weighted by atomic mass is 10.1. The number of carboxylic acid groups (broad SMARTS) is 1. The predicted molar refractivity (Wildman–Crippen MR) is 81.9 cm³/mol. The van der Waals surface area contributed by atoms with Gasteiger partial charge in [0.2, 0.25) is 0 Å². The molecule has 0 radical (unpaired) electrons. The van der Waals surface area contributed by atoms with Gasteiger partial charge in [-0.1, -0.05) is 48.5 Å². The van der Waals surface area contributed by atoms with Crippen LogP contribution >= 0.6 is 0 Å². The summed E-state index contributed by atoms with van der Waals surface area (Å²) in [4.78, 5) is 16.8. The summed E-state index contributed by atoms with van der Waals surface area (Å²) < 4.78 is 0. The molecule has 3 rings (SSSR count). The topological polar surface area (TPSA) is 92.0 Å². The molecule has 0 bridgehead atoms. The summed E-state index contributed by atoms with van der Waals surface area (Å²) in [5, 5.41) is 11.0. The lowest BCUT2D eigenvalue weighted by Gasteiger charge is -2.02. The van der Waals surface area contributed by atoms with Gasteiger partial charge in [-0.25, -0.2) is 4.98 Å². The molecule has 1 heterocycles. The fourth-order valence-electron chi connectivity index (χ4n) is 1.85. The maximum atomic E-state index is 10.3. The van der Waals surface area contributed by atoms with Crippen LogP contribution in [0.1, 0.15) is 5.69 Å². The monoisotopic (exact) mass is 283 g/mol. The van der Waals surface area contributed by atoms with Gasteiger partial charge in [-0.2, -0.15) is 0 Å².